The van der Waals surface area contributed by atoms with Gasteiger partial charge in [0.25, 0.3) is 0 Å². The lowest BCUT2D eigenvalue weighted by atomic mass is 9.97. The molecule has 0 radical (unpaired) electrons. The van der Waals surface area contributed by atoms with E-state index in [2.05, 4.69) is 6.92 Å². The van der Waals surface area contributed by atoms with Crippen molar-refractivity contribution in [2.24, 2.45) is 5.92 Å². The van der Waals surface area contributed by atoms with Crippen LogP contribution < -0.4 is 0 Å². The Bertz CT molecular complexity index is 340. The monoisotopic (exact) mass is 258 g/mol. The molecule has 3 heterocycles. The average Bonchev–Trinajstić information content (AvgIpc) is 2.81. The van der Waals surface area contributed by atoms with Crippen molar-refractivity contribution in [2.75, 3.05) is 6.61 Å². The Balaban J connectivity index is 1.68. The van der Waals surface area contributed by atoms with Crippen LogP contribution in [0, 0.1) is 5.92 Å². The fourth-order valence-corrected chi connectivity index (χ4v) is 2.99. The smallest absolute Gasteiger partial charge is 0.187 e. The Morgan fingerprint density at radius 1 is 0.889 bits per heavy atom. The first-order valence-corrected chi connectivity index (χ1v) is 6.60. The lowest BCUT2D eigenvalue weighted by molar-refractivity contribution is -0.226. The predicted molar refractivity (Wildman–Crippen MR) is 62.8 cm³/mol. The number of hydrogen-bond donors (Lipinski definition) is 0. The zero-order valence-corrected chi connectivity index (χ0v) is 11.6. The molecule has 0 aromatic heterocycles. The first kappa shape index (κ1) is 12.8. The van der Waals surface area contributed by atoms with Gasteiger partial charge in [-0.05, 0) is 27.7 Å². The van der Waals surface area contributed by atoms with Crippen LogP contribution in [0.3, 0.4) is 0 Å². The summed E-state index contributed by atoms with van der Waals surface area (Å²) in [5.41, 5.74) is 0. The largest absolute Gasteiger partial charge is 0.348 e. The summed E-state index contributed by atoms with van der Waals surface area (Å²) in [6.45, 7) is 10.3. The molecule has 0 aromatic carbocycles. The molecule has 0 aromatic rings. The molecule has 0 N–H and O–H groups in total. The van der Waals surface area contributed by atoms with Gasteiger partial charge in [0.1, 0.15) is 12.2 Å². The van der Waals surface area contributed by atoms with Crippen LogP contribution in [-0.4, -0.2) is 42.8 Å². The third kappa shape index (κ3) is 2.08. The molecule has 3 rings (SSSR count). The van der Waals surface area contributed by atoms with Crippen LogP contribution in [0.15, 0.2) is 0 Å². The van der Waals surface area contributed by atoms with E-state index in [1.165, 1.54) is 0 Å². The van der Waals surface area contributed by atoms with Gasteiger partial charge in [0.15, 0.2) is 17.9 Å². The highest BCUT2D eigenvalue weighted by Gasteiger charge is 2.56. The Hall–Kier alpha value is -0.200. The van der Waals surface area contributed by atoms with E-state index in [4.69, 9.17) is 23.7 Å². The summed E-state index contributed by atoms with van der Waals surface area (Å²) in [6, 6.07) is 0. The molecular formula is C13H22O5. The SMILES string of the molecule is C[C@H]1C([C@H]2COC(C)(C)O2)O[C@@H]2OC(C)(C)O[C@@H]21. The summed E-state index contributed by atoms with van der Waals surface area (Å²) in [4.78, 5) is 0. The van der Waals surface area contributed by atoms with Gasteiger partial charge < -0.3 is 23.7 Å². The second kappa shape index (κ2) is 3.90. The van der Waals surface area contributed by atoms with Crippen molar-refractivity contribution in [1.29, 1.82) is 0 Å². The molecule has 0 aliphatic carbocycles. The molecule has 5 atom stereocenters. The van der Waals surface area contributed by atoms with Crippen LogP contribution in [0.4, 0.5) is 0 Å². The number of ether oxygens (including phenoxy) is 5. The number of rotatable bonds is 1. The molecule has 104 valence electrons. The fraction of sp³-hybridized carbons (Fsp3) is 1.00. The Labute approximate surface area is 108 Å². The molecule has 1 unspecified atom stereocenters. The zero-order chi connectivity index (χ0) is 13.1. The van der Waals surface area contributed by atoms with E-state index in [-0.39, 0.29) is 30.5 Å². The van der Waals surface area contributed by atoms with Crippen LogP contribution in [-0.2, 0) is 23.7 Å². The minimum absolute atomic E-state index is 0.0164. The first-order valence-electron chi connectivity index (χ1n) is 6.60. The van der Waals surface area contributed by atoms with Gasteiger partial charge in [0.2, 0.25) is 0 Å². The number of hydrogen-bond acceptors (Lipinski definition) is 5. The minimum Gasteiger partial charge on any atom is -0.348 e. The van der Waals surface area contributed by atoms with Gasteiger partial charge in [-0.2, -0.15) is 0 Å². The highest BCUT2D eigenvalue weighted by molar-refractivity contribution is 4.95. The van der Waals surface area contributed by atoms with Crippen molar-refractivity contribution < 1.29 is 23.7 Å². The maximum Gasteiger partial charge on any atom is 0.187 e. The third-order valence-corrected chi connectivity index (χ3v) is 3.81. The molecule has 0 amide bonds. The molecule has 3 fully saturated rings. The maximum absolute atomic E-state index is 5.96. The van der Waals surface area contributed by atoms with Crippen LogP contribution in [0.5, 0.6) is 0 Å². The molecule has 3 aliphatic heterocycles. The third-order valence-electron chi connectivity index (χ3n) is 3.81. The Morgan fingerprint density at radius 2 is 1.61 bits per heavy atom. The summed E-state index contributed by atoms with van der Waals surface area (Å²) in [6.07, 6.45) is -0.376. The molecule has 5 nitrogen and oxygen atoms in total. The van der Waals surface area contributed by atoms with Crippen molar-refractivity contribution in [3.8, 4) is 0 Å². The summed E-state index contributed by atoms with van der Waals surface area (Å²) in [7, 11) is 0. The second-order valence-corrected chi connectivity index (χ2v) is 6.30. The minimum atomic E-state index is -0.555. The summed E-state index contributed by atoms with van der Waals surface area (Å²) in [5.74, 6) is -0.841. The van der Waals surface area contributed by atoms with Crippen molar-refractivity contribution in [3.63, 3.8) is 0 Å². The molecule has 0 spiro atoms. The van der Waals surface area contributed by atoms with Crippen LogP contribution in [0.1, 0.15) is 34.6 Å². The van der Waals surface area contributed by atoms with Crippen LogP contribution in [0.2, 0.25) is 0 Å². The Morgan fingerprint density at radius 3 is 2.17 bits per heavy atom. The van der Waals surface area contributed by atoms with Gasteiger partial charge in [-0.1, -0.05) is 6.92 Å². The first-order chi connectivity index (χ1) is 8.27. The van der Waals surface area contributed by atoms with E-state index >= 15 is 0 Å². The van der Waals surface area contributed by atoms with Gasteiger partial charge in [0.05, 0.1) is 12.7 Å². The number of fused-ring (bicyclic) bond motifs is 1. The van der Waals surface area contributed by atoms with E-state index in [1.807, 2.05) is 27.7 Å². The highest BCUT2D eigenvalue weighted by atomic mass is 16.8. The van der Waals surface area contributed by atoms with Crippen LogP contribution >= 0.6 is 0 Å². The molecule has 3 aliphatic rings. The topological polar surface area (TPSA) is 46.2 Å². The summed E-state index contributed by atoms with van der Waals surface area (Å²) in [5, 5.41) is 0. The van der Waals surface area contributed by atoms with Crippen molar-refractivity contribution in [3.05, 3.63) is 0 Å². The van der Waals surface area contributed by atoms with E-state index in [9.17, 15) is 0 Å². The molecule has 3 saturated heterocycles. The second-order valence-electron chi connectivity index (χ2n) is 6.30. The molecule has 5 heteroatoms. The fourth-order valence-electron chi connectivity index (χ4n) is 2.99. The van der Waals surface area contributed by atoms with Gasteiger partial charge in [0, 0.05) is 5.92 Å². The summed E-state index contributed by atoms with van der Waals surface area (Å²) < 4.78 is 29.0. The van der Waals surface area contributed by atoms with Crippen LogP contribution in [0.25, 0.3) is 0 Å². The molecule has 0 saturated carbocycles. The van der Waals surface area contributed by atoms with E-state index < -0.39 is 11.6 Å². The normalized spacial score (nSPS) is 49.5. The molecule has 18 heavy (non-hydrogen) atoms. The van der Waals surface area contributed by atoms with Crippen molar-refractivity contribution in [1.82, 2.24) is 0 Å². The average molecular weight is 258 g/mol. The van der Waals surface area contributed by atoms with E-state index in [0.29, 0.717) is 6.61 Å². The Kier molecular flexibility index (Phi) is 2.78. The van der Waals surface area contributed by atoms with Crippen molar-refractivity contribution >= 4 is 0 Å². The van der Waals surface area contributed by atoms with Gasteiger partial charge >= 0.3 is 0 Å². The highest BCUT2D eigenvalue weighted by Crippen LogP contribution is 2.43. The predicted octanol–water partition coefficient (Wildman–Crippen LogP) is 1.65. The molecule has 0 bridgehead atoms. The standard InChI is InChI=1S/C13H22O5/c1-7-9(8-6-14-12(2,3)16-8)15-11-10(7)17-13(4,5)18-11/h7-11H,6H2,1-5H3/t7-,8+,9?,10+,11+/m0/s1. The van der Waals surface area contributed by atoms with E-state index in [1.54, 1.807) is 0 Å². The van der Waals surface area contributed by atoms with Gasteiger partial charge in [-0.25, -0.2) is 0 Å². The van der Waals surface area contributed by atoms with Crippen molar-refractivity contribution in [2.45, 2.75) is 70.8 Å². The quantitative estimate of drug-likeness (QED) is 0.715. The van der Waals surface area contributed by atoms with Gasteiger partial charge in [-0.3, -0.25) is 0 Å². The summed E-state index contributed by atoms with van der Waals surface area (Å²) >= 11 is 0. The molecular weight excluding hydrogens is 236 g/mol. The lowest BCUT2D eigenvalue weighted by Gasteiger charge is -2.27. The van der Waals surface area contributed by atoms with Gasteiger partial charge in [-0.15, -0.1) is 0 Å². The maximum atomic E-state index is 5.96. The lowest BCUT2D eigenvalue weighted by Crippen LogP contribution is -2.37. The van der Waals surface area contributed by atoms with E-state index in [0.717, 1.165) is 0 Å². The zero-order valence-electron chi connectivity index (χ0n) is 11.6.